The van der Waals surface area contributed by atoms with Crippen molar-refractivity contribution in [3.8, 4) is 67.2 Å². The number of nitrogens with zero attached hydrogens (tertiary/aromatic N) is 6. The van der Waals surface area contributed by atoms with Gasteiger partial charge in [0.2, 0.25) is 0 Å². The van der Waals surface area contributed by atoms with Crippen LogP contribution < -0.4 is 0 Å². The van der Waals surface area contributed by atoms with Crippen LogP contribution in [-0.4, -0.2) is 29.9 Å². The highest BCUT2D eigenvalue weighted by Gasteiger charge is 2.18. The highest BCUT2D eigenvalue weighted by molar-refractivity contribution is 6.25. The van der Waals surface area contributed by atoms with Crippen molar-refractivity contribution in [1.29, 1.82) is 0 Å². The molecule has 16 rings (SSSR count). The van der Waals surface area contributed by atoms with Gasteiger partial charge in [0.05, 0.1) is 68.8 Å². The SMILES string of the molecule is c1cc(-c2cc(-c3cccc(-c4cnc5c6ccccc6c6ccccc6c5n4)c3)cc(-c3cccc(-c4cnc5c6ccccc6c6ccccc6c5n4)c3)c2)cc(-c2cnc3c4ccccc4c4ccccc4c3n2)c1. The van der Waals surface area contributed by atoms with E-state index in [1.807, 2.05) is 18.6 Å². The number of rotatable bonds is 6. The van der Waals surface area contributed by atoms with E-state index in [2.05, 4.69) is 237 Å². The van der Waals surface area contributed by atoms with E-state index in [4.69, 9.17) is 29.9 Å². The molecule has 0 bridgehead atoms. The summed E-state index contributed by atoms with van der Waals surface area (Å²) in [5, 5.41) is 13.6. The molecule has 0 aliphatic heterocycles. The molecule has 0 aliphatic carbocycles. The van der Waals surface area contributed by atoms with Crippen molar-refractivity contribution < 1.29 is 0 Å². The first-order valence-corrected chi connectivity index (χ1v) is 26.3. The smallest absolute Gasteiger partial charge is 0.0979 e. The third-order valence-electron chi connectivity index (χ3n) is 15.7. The van der Waals surface area contributed by atoms with Crippen LogP contribution in [0.15, 0.2) is 255 Å². The van der Waals surface area contributed by atoms with E-state index < -0.39 is 0 Å². The average Bonchev–Trinajstić information content (AvgIpc) is 3.64. The van der Waals surface area contributed by atoms with Crippen LogP contribution in [0.1, 0.15) is 0 Å². The molecule has 0 saturated heterocycles. The fraction of sp³-hybridized carbons (Fsp3) is 0. The van der Waals surface area contributed by atoms with Gasteiger partial charge in [0.1, 0.15) is 0 Å². The van der Waals surface area contributed by atoms with Crippen molar-refractivity contribution in [2.24, 2.45) is 0 Å². The first kappa shape index (κ1) is 43.8. The van der Waals surface area contributed by atoms with Gasteiger partial charge in [-0.3, -0.25) is 15.0 Å². The molecule has 3 aromatic heterocycles. The fourth-order valence-electron chi connectivity index (χ4n) is 12.0. The molecule has 0 atom stereocenters. The maximum atomic E-state index is 5.38. The number of benzene rings is 13. The second-order valence-electron chi connectivity index (χ2n) is 20.2. The van der Waals surface area contributed by atoms with Crippen molar-refractivity contribution in [2.75, 3.05) is 0 Å². The fourth-order valence-corrected chi connectivity index (χ4v) is 12.0. The third-order valence-corrected chi connectivity index (χ3v) is 15.7. The summed E-state index contributed by atoms with van der Waals surface area (Å²) in [5.74, 6) is 0. The van der Waals surface area contributed by atoms with Gasteiger partial charge < -0.3 is 0 Å². The zero-order chi connectivity index (χ0) is 51.3. The van der Waals surface area contributed by atoms with E-state index in [1.54, 1.807) is 0 Å². The second-order valence-corrected chi connectivity index (χ2v) is 20.2. The zero-order valence-corrected chi connectivity index (χ0v) is 41.9. The van der Waals surface area contributed by atoms with Crippen LogP contribution in [0.3, 0.4) is 0 Å². The molecule has 13 aromatic carbocycles. The molecule has 0 aliphatic rings. The van der Waals surface area contributed by atoms with Gasteiger partial charge in [-0.2, -0.15) is 0 Å². The summed E-state index contributed by atoms with van der Waals surface area (Å²) in [7, 11) is 0. The van der Waals surface area contributed by atoms with E-state index in [-0.39, 0.29) is 0 Å². The van der Waals surface area contributed by atoms with Crippen molar-refractivity contribution >= 4 is 97.7 Å². The Bertz CT molecular complexity index is 4550. The van der Waals surface area contributed by atoms with Crippen molar-refractivity contribution in [3.63, 3.8) is 0 Å². The van der Waals surface area contributed by atoms with Gasteiger partial charge in [0.25, 0.3) is 0 Å². The van der Waals surface area contributed by atoms with Crippen molar-refractivity contribution in [1.82, 2.24) is 29.9 Å². The predicted molar refractivity (Wildman–Crippen MR) is 323 cm³/mol. The van der Waals surface area contributed by atoms with Crippen molar-refractivity contribution in [2.45, 2.75) is 0 Å². The van der Waals surface area contributed by atoms with Crippen molar-refractivity contribution in [3.05, 3.63) is 255 Å². The molecule has 0 amide bonds. The molecular formula is C72H42N6. The third kappa shape index (κ3) is 7.04. The lowest BCUT2D eigenvalue weighted by Crippen LogP contribution is -1.93. The molecule has 0 radical (unpaired) electrons. The Labute approximate surface area is 447 Å². The Balaban J connectivity index is 0.850. The number of hydrogen-bond acceptors (Lipinski definition) is 6. The molecule has 0 unspecified atom stereocenters. The van der Waals surface area contributed by atoms with Gasteiger partial charge in [0, 0.05) is 49.0 Å². The van der Waals surface area contributed by atoms with Gasteiger partial charge in [-0.15, -0.1) is 0 Å². The minimum Gasteiger partial charge on any atom is -0.252 e. The molecule has 0 saturated carbocycles. The summed E-state index contributed by atoms with van der Waals surface area (Å²) in [6.45, 7) is 0. The molecule has 6 heteroatoms. The molecule has 78 heavy (non-hydrogen) atoms. The van der Waals surface area contributed by atoms with Crippen LogP contribution in [0.4, 0.5) is 0 Å². The molecule has 3 heterocycles. The maximum Gasteiger partial charge on any atom is 0.0979 e. The van der Waals surface area contributed by atoms with E-state index in [1.165, 1.54) is 32.3 Å². The molecule has 0 fully saturated rings. The highest BCUT2D eigenvalue weighted by atomic mass is 14.8. The van der Waals surface area contributed by atoms with Gasteiger partial charge in [0.15, 0.2) is 0 Å². The summed E-state index contributed by atoms with van der Waals surface area (Å²) in [5.41, 5.74) is 17.2. The summed E-state index contributed by atoms with van der Waals surface area (Å²) in [6, 6.07) is 83.9. The minimum absolute atomic E-state index is 0.816. The van der Waals surface area contributed by atoms with Crippen LogP contribution in [0.2, 0.25) is 0 Å². The van der Waals surface area contributed by atoms with E-state index in [9.17, 15) is 0 Å². The molecule has 6 nitrogen and oxygen atoms in total. The lowest BCUT2D eigenvalue weighted by Gasteiger charge is -2.14. The molecule has 16 aromatic rings. The number of aromatic nitrogens is 6. The quantitative estimate of drug-likeness (QED) is 0.155. The standard InChI is InChI=1S/C72H42N6/c1-7-28-58-52(22-1)55-25-4-10-31-61(55)70-67(58)73-40-64(76-70)46-19-13-16-43(34-46)49-37-50(44-17-14-20-47(35-44)65-41-74-68-59-29-8-2-23-53(59)56-26-5-11-32-62(56)71(68)77-65)39-51(38-49)45-18-15-21-48(36-45)66-42-75-69-60-30-9-3-24-54(60)57-27-6-12-33-63(57)72(69)78-66/h1-42H. The monoisotopic (exact) mass is 990 g/mol. The second kappa shape index (κ2) is 17.5. The minimum atomic E-state index is 0.816. The Morgan fingerprint density at radius 2 is 0.372 bits per heavy atom. The van der Waals surface area contributed by atoms with Gasteiger partial charge in [-0.05, 0) is 102 Å². The predicted octanol–water partition coefficient (Wildman–Crippen LogP) is 18.4. The van der Waals surface area contributed by atoms with Gasteiger partial charge >= 0.3 is 0 Å². The first-order valence-electron chi connectivity index (χ1n) is 26.3. The topological polar surface area (TPSA) is 77.3 Å². The summed E-state index contributed by atoms with van der Waals surface area (Å²) in [6.07, 6.45) is 5.76. The Hall–Kier alpha value is -10.6. The number of hydrogen-bond donors (Lipinski definition) is 0. The Kier molecular flexibility index (Phi) is 9.84. The molecular weight excluding hydrogens is 949 g/mol. The average molecular weight is 991 g/mol. The Morgan fingerprint density at radius 1 is 0.167 bits per heavy atom. The molecule has 0 spiro atoms. The summed E-state index contributed by atoms with van der Waals surface area (Å²) in [4.78, 5) is 31.5. The lowest BCUT2D eigenvalue weighted by atomic mass is 9.91. The summed E-state index contributed by atoms with van der Waals surface area (Å²) >= 11 is 0. The van der Waals surface area contributed by atoms with Gasteiger partial charge in [-0.1, -0.05) is 200 Å². The van der Waals surface area contributed by atoms with E-state index in [0.29, 0.717) is 0 Å². The summed E-state index contributed by atoms with van der Waals surface area (Å²) < 4.78 is 0. The molecule has 360 valence electrons. The molecule has 0 N–H and O–H groups in total. The number of fused-ring (bicyclic) bond motifs is 18. The largest absolute Gasteiger partial charge is 0.252 e. The van der Waals surface area contributed by atoms with Crippen LogP contribution >= 0.6 is 0 Å². The normalized spacial score (nSPS) is 11.8. The highest BCUT2D eigenvalue weighted by Crippen LogP contribution is 2.41. The van der Waals surface area contributed by atoms with Crippen LogP contribution in [0.25, 0.3) is 165 Å². The van der Waals surface area contributed by atoms with Crippen LogP contribution in [-0.2, 0) is 0 Å². The zero-order valence-electron chi connectivity index (χ0n) is 41.9. The maximum absolute atomic E-state index is 5.38. The van der Waals surface area contributed by atoms with E-state index in [0.717, 1.165) is 133 Å². The first-order chi connectivity index (χ1) is 38.6. The van der Waals surface area contributed by atoms with E-state index >= 15 is 0 Å². The van der Waals surface area contributed by atoms with Crippen LogP contribution in [0, 0.1) is 0 Å². The lowest BCUT2D eigenvalue weighted by molar-refractivity contribution is 1.31. The van der Waals surface area contributed by atoms with Crippen LogP contribution in [0.5, 0.6) is 0 Å². The Morgan fingerprint density at radius 3 is 0.628 bits per heavy atom. The van der Waals surface area contributed by atoms with Gasteiger partial charge in [-0.25, -0.2) is 15.0 Å².